The summed E-state index contributed by atoms with van der Waals surface area (Å²) in [4.78, 5) is 11.0. The number of anilines is 5. The molecular weight excluding hydrogens is 354 g/mol. The van der Waals surface area contributed by atoms with Crippen molar-refractivity contribution in [3.05, 3.63) is 54.9 Å². The first-order valence-corrected chi connectivity index (χ1v) is 9.44. The third-order valence-electron chi connectivity index (χ3n) is 4.92. The predicted molar refractivity (Wildman–Crippen MR) is 109 cm³/mol. The Morgan fingerprint density at radius 1 is 0.750 bits per heavy atom. The molecular formula is C21H21N5O2. The lowest BCUT2D eigenvalue weighted by atomic mass is 10.2. The standard InChI is InChI=1S/C21H21N5O2/c1-2-10-26(9-1)17-6-3-15(4-7-17)24-20-12-21(23-13-22-20)25-16-5-8-18-19(11-16)28-14-27-18/h3-8,11-13H,1-2,9-10,14H2,(H2,22,23,24,25). The smallest absolute Gasteiger partial charge is 0.231 e. The van der Waals surface area contributed by atoms with E-state index >= 15 is 0 Å². The number of aromatic nitrogens is 2. The Morgan fingerprint density at radius 2 is 1.43 bits per heavy atom. The highest BCUT2D eigenvalue weighted by molar-refractivity contribution is 5.66. The van der Waals surface area contributed by atoms with Crippen molar-refractivity contribution in [2.75, 3.05) is 35.4 Å². The molecule has 0 atom stereocenters. The maximum absolute atomic E-state index is 5.42. The van der Waals surface area contributed by atoms with E-state index in [1.54, 1.807) is 0 Å². The van der Waals surface area contributed by atoms with Gasteiger partial charge >= 0.3 is 0 Å². The highest BCUT2D eigenvalue weighted by Crippen LogP contribution is 2.35. The second-order valence-corrected chi connectivity index (χ2v) is 6.85. The molecule has 0 radical (unpaired) electrons. The first-order valence-electron chi connectivity index (χ1n) is 9.44. The van der Waals surface area contributed by atoms with E-state index in [9.17, 15) is 0 Å². The largest absolute Gasteiger partial charge is 0.454 e. The summed E-state index contributed by atoms with van der Waals surface area (Å²) in [6, 6.07) is 16.1. The fourth-order valence-electron chi connectivity index (χ4n) is 3.49. The first-order chi connectivity index (χ1) is 13.8. The second-order valence-electron chi connectivity index (χ2n) is 6.85. The van der Waals surface area contributed by atoms with Gasteiger partial charge in [-0.1, -0.05) is 0 Å². The Kier molecular flexibility index (Phi) is 4.33. The Balaban J connectivity index is 1.27. The Morgan fingerprint density at radius 3 is 2.21 bits per heavy atom. The fraction of sp³-hybridized carbons (Fsp3) is 0.238. The van der Waals surface area contributed by atoms with Crippen LogP contribution in [0.3, 0.4) is 0 Å². The number of fused-ring (bicyclic) bond motifs is 1. The molecule has 28 heavy (non-hydrogen) atoms. The van der Waals surface area contributed by atoms with Crippen LogP contribution in [0.1, 0.15) is 12.8 Å². The van der Waals surface area contributed by atoms with Gasteiger partial charge in [-0.25, -0.2) is 9.97 Å². The summed E-state index contributed by atoms with van der Waals surface area (Å²) in [7, 11) is 0. The monoisotopic (exact) mass is 375 g/mol. The van der Waals surface area contributed by atoms with Gasteiger partial charge in [-0.3, -0.25) is 0 Å². The van der Waals surface area contributed by atoms with E-state index in [4.69, 9.17) is 9.47 Å². The molecule has 2 N–H and O–H groups in total. The molecule has 0 spiro atoms. The van der Waals surface area contributed by atoms with Crippen LogP contribution in [0, 0.1) is 0 Å². The SMILES string of the molecule is c1nc(Nc2ccc(N3CCCC3)cc2)cc(Nc2ccc3c(c2)OCO3)n1. The molecule has 3 heterocycles. The minimum Gasteiger partial charge on any atom is -0.454 e. The molecule has 7 heteroatoms. The van der Waals surface area contributed by atoms with Crippen LogP contribution in [0.2, 0.25) is 0 Å². The third kappa shape index (κ3) is 3.51. The zero-order valence-electron chi connectivity index (χ0n) is 15.4. The number of ether oxygens (including phenoxy) is 2. The van der Waals surface area contributed by atoms with E-state index in [1.165, 1.54) is 24.9 Å². The summed E-state index contributed by atoms with van der Waals surface area (Å²) < 4.78 is 10.8. The number of rotatable bonds is 5. The minimum atomic E-state index is 0.261. The van der Waals surface area contributed by atoms with Gasteiger partial charge in [-0.05, 0) is 49.2 Å². The van der Waals surface area contributed by atoms with Crippen molar-refractivity contribution < 1.29 is 9.47 Å². The minimum absolute atomic E-state index is 0.261. The lowest BCUT2D eigenvalue weighted by Gasteiger charge is -2.18. The van der Waals surface area contributed by atoms with Gasteiger partial charge < -0.3 is 25.0 Å². The molecule has 1 aromatic heterocycles. The van der Waals surface area contributed by atoms with E-state index < -0.39 is 0 Å². The van der Waals surface area contributed by atoms with E-state index in [1.807, 2.05) is 24.3 Å². The van der Waals surface area contributed by atoms with Gasteiger partial charge in [-0.15, -0.1) is 0 Å². The molecule has 7 nitrogen and oxygen atoms in total. The normalized spacial score (nSPS) is 14.9. The molecule has 0 aliphatic carbocycles. The maximum Gasteiger partial charge on any atom is 0.231 e. The fourth-order valence-corrected chi connectivity index (χ4v) is 3.49. The predicted octanol–water partition coefficient (Wildman–Crippen LogP) is 4.29. The molecule has 2 aliphatic heterocycles. The zero-order chi connectivity index (χ0) is 18.8. The molecule has 0 saturated carbocycles. The van der Waals surface area contributed by atoms with E-state index in [2.05, 4.69) is 49.8 Å². The quantitative estimate of drug-likeness (QED) is 0.689. The van der Waals surface area contributed by atoms with Crippen molar-refractivity contribution in [1.29, 1.82) is 0 Å². The van der Waals surface area contributed by atoms with Gasteiger partial charge in [0, 0.05) is 42.3 Å². The highest BCUT2D eigenvalue weighted by atomic mass is 16.7. The van der Waals surface area contributed by atoms with Gasteiger partial charge in [0.2, 0.25) is 6.79 Å². The number of hydrogen-bond acceptors (Lipinski definition) is 7. The van der Waals surface area contributed by atoms with Gasteiger partial charge in [0.1, 0.15) is 18.0 Å². The average molecular weight is 375 g/mol. The van der Waals surface area contributed by atoms with Crippen molar-refractivity contribution in [3.63, 3.8) is 0 Å². The van der Waals surface area contributed by atoms with E-state index in [0.717, 1.165) is 41.8 Å². The maximum atomic E-state index is 5.42. The van der Waals surface area contributed by atoms with Gasteiger partial charge in [0.05, 0.1) is 0 Å². The van der Waals surface area contributed by atoms with Crippen LogP contribution >= 0.6 is 0 Å². The number of benzene rings is 2. The molecule has 1 saturated heterocycles. The summed E-state index contributed by atoms with van der Waals surface area (Å²) in [5.74, 6) is 2.92. The van der Waals surface area contributed by atoms with Crippen LogP contribution < -0.4 is 25.0 Å². The van der Waals surface area contributed by atoms with Gasteiger partial charge in [0.15, 0.2) is 11.5 Å². The molecule has 0 bridgehead atoms. The van der Waals surface area contributed by atoms with Gasteiger partial charge in [-0.2, -0.15) is 0 Å². The van der Waals surface area contributed by atoms with Crippen molar-refractivity contribution in [3.8, 4) is 11.5 Å². The zero-order valence-corrected chi connectivity index (χ0v) is 15.4. The van der Waals surface area contributed by atoms with Crippen LogP contribution in [-0.4, -0.2) is 29.9 Å². The van der Waals surface area contributed by atoms with Crippen molar-refractivity contribution in [2.45, 2.75) is 12.8 Å². The number of hydrogen-bond donors (Lipinski definition) is 2. The Bertz CT molecular complexity index is 971. The Hall–Kier alpha value is -3.48. The van der Waals surface area contributed by atoms with Crippen LogP contribution in [0.4, 0.5) is 28.7 Å². The molecule has 2 aliphatic rings. The lowest BCUT2D eigenvalue weighted by molar-refractivity contribution is 0.174. The molecule has 2 aromatic carbocycles. The molecule has 0 unspecified atom stereocenters. The van der Waals surface area contributed by atoms with E-state index in [-0.39, 0.29) is 6.79 Å². The van der Waals surface area contributed by atoms with Crippen molar-refractivity contribution in [2.24, 2.45) is 0 Å². The van der Waals surface area contributed by atoms with Crippen LogP contribution in [0.5, 0.6) is 11.5 Å². The summed E-state index contributed by atoms with van der Waals surface area (Å²) >= 11 is 0. The summed E-state index contributed by atoms with van der Waals surface area (Å²) in [5.41, 5.74) is 3.15. The van der Waals surface area contributed by atoms with Crippen LogP contribution in [0.25, 0.3) is 0 Å². The van der Waals surface area contributed by atoms with Crippen LogP contribution in [0.15, 0.2) is 54.9 Å². The first kappa shape index (κ1) is 16.7. The average Bonchev–Trinajstić information content (AvgIpc) is 3.41. The highest BCUT2D eigenvalue weighted by Gasteiger charge is 2.14. The summed E-state index contributed by atoms with van der Waals surface area (Å²) in [6.45, 7) is 2.55. The number of nitrogens with one attached hydrogen (secondary N) is 2. The Labute approximate surface area is 163 Å². The molecule has 5 rings (SSSR count). The third-order valence-corrected chi connectivity index (χ3v) is 4.92. The van der Waals surface area contributed by atoms with Gasteiger partial charge in [0.25, 0.3) is 0 Å². The van der Waals surface area contributed by atoms with Crippen LogP contribution in [-0.2, 0) is 0 Å². The molecule has 1 fully saturated rings. The topological polar surface area (TPSA) is 71.5 Å². The molecule has 0 amide bonds. The number of nitrogens with zero attached hydrogens (tertiary/aromatic N) is 3. The van der Waals surface area contributed by atoms with E-state index in [0.29, 0.717) is 5.82 Å². The van der Waals surface area contributed by atoms with Crippen molar-refractivity contribution >= 4 is 28.7 Å². The molecule has 142 valence electrons. The lowest BCUT2D eigenvalue weighted by Crippen LogP contribution is -2.17. The molecule has 3 aromatic rings. The summed E-state index contributed by atoms with van der Waals surface area (Å²) in [6.07, 6.45) is 4.09. The van der Waals surface area contributed by atoms with Crippen molar-refractivity contribution in [1.82, 2.24) is 9.97 Å². The summed E-state index contributed by atoms with van der Waals surface area (Å²) in [5, 5.41) is 6.61. The second kappa shape index (κ2) is 7.26.